The van der Waals surface area contributed by atoms with E-state index >= 15 is 0 Å². The number of aromatic amines is 1. The summed E-state index contributed by atoms with van der Waals surface area (Å²) in [4.78, 5) is 0. The number of aliphatic hydroxyl groups excluding tert-OH is 1. The number of hydrogen-bond acceptors (Lipinski definition) is 4. The second kappa shape index (κ2) is 5.01. The van der Waals surface area contributed by atoms with Crippen molar-refractivity contribution < 1.29 is 5.11 Å². The van der Waals surface area contributed by atoms with Gasteiger partial charge in [0.25, 0.3) is 0 Å². The fourth-order valence-corrected chi connectivity index (χ4v) is 1.72. The standard InChI is InChI=1S/C11H17N5O/c1-8-11(9(2)15-14-8)12-5-10-6-13-16(7-10)3-4-17/h6-7,12,17H,3-5H2,1-2H3,(H,14,15). The molecule has 0 fully saturated rings. The minimum atomic E-state index is 0.106. The van der Waals surface area contributed by atoms with Crippen LogP contribution < -0.4 is 5.32 Å². The van der Waals surface area contributed by atoms with Crippen LogP contribution in [0.1, 0.15) is 17.0 Å². The molecule has 0 bridgehead atoms. The normalized spacial score (nSPS) is 10.8. The topological polar surface area (TPSA) is 78.8 Å². The molecule has 0 aliphatic carbocycles. The smallest absolute Gasteiger partial charge is 0.0825 e. The Morgan fingerprint density at radius 2 is 2.29 bits per heavy atom. The summed E-state index contributed by atoms with van der Waals surface area (Å²) in [5.74, 6) is 0. The molecule has 92 valence electrons. The van der Waals surface area contributed by atoms with Gasteiger partial charge in [-0.2, -0.15) is 10.2 Å². The third-order valence-electron chi connectivity index (χ3n) is 2.61. The van der Waals surface area contributed by atoms with E-state index in [1.54, 1.807) is 10.9 Å². The fraction of sp³-hybridized carbons (Fsp3) is 0.455. The van der Waals surface area contributed by atoms with Crippen molar-refractivity contribution in [2.24, 2.45) is 0 Å². The van der Waals surface area contributed by atoms with Gasteiger partial charge in [0.2, 0.25) is 0 Å². The number of aliphatic hydroxyl groups is 1. The first-order chi connectivity index (χ1) is 8.20. The Morgan fingerprint density at radius 1 is 1.47 bits per heavy atom. The van der Waals surface area contributed by atoms with Gasteiger partial charge in [-0.1, -0.05) is 0 Å². The van der Waals surface area contributed by atoms with Crippen LogP contribution in [0, 0.1) is 13.8 Å². The molecular formula is C11H17N5O. The molecule has 2 rings (SSSR count). The van der Waals surface area contributed by atoms with E-state index in [4.69, 9.17) is 5.11 Å². The maximum absolute atomic E-state index is 8.79. The highest BCUT2D eigenvalue weighted by Gasteiger charge is 2.06. The lowest BCUT2D eigenvalue weighted by atomic mass is 10.3. The molecule has 17 heavy (non-hydrogen) atoms. The van der Waals surface area contributed by atoms with Gasteiger partial charge >= 0.3 is 0 Å². The van der Waals surface area contributed by atoms with E-state index in [0.29, 0.717) is 13.1 Å². The zero-order chi connectivity index (χ0) is 12.3. The molecule has 6 nitrogen and oxygen atoms in total. The molecule has 6 heteroatoms. The summed E-state index contributed by atoms with van der Waals surface area (Å²) in [5.41, 5.74) is 4.12. The van der Waals surface area contributed by atoms with Gasteiger partial charge in [0, 0.05) is 18.3 Å². The molecule has 0 saturated heterocycles. The van der Waals surface area contributed by atoms with Crippen molar-refractivity contribution >= 4 is 5.69 Å². The van der Waals surface area contributed by atoms with Crippen LogP contribution in [-0.4, -0.2) is 31.7 Å². The number of anilines is 1. The lowest BCUT2D eigenvalue weighted by Crippen LogP contribution is -2.02. The van der Waals surface area contributed by atoms with Crippen molar-refractivity contribution in [3.8, 4) is 0 Å². The number of hydrogen-bond donors (Lipinski definition) is 3. The maximum atomic E-state index is 8.79. The van der Waals surface area contributed by atoms with Crippen LogP contribution in [0.25, 0.3) is 0 Å². The summed E-state index contributed by atoms with van der Waals surface area (Å²) in [6, 6.07) is 0. The summed E-state index contributed by atoms with van der Waals surface area (Å²) < 4.78 is 1.73. The molecule has 0 amide bonds. The monoisotopic (exact) mass is 235 g/mol. The molecule has 0 aromatic carbocycles. The van der Waals surface area contributed by atoms with Crippen molar-refractivity contribution in [2.75, 3.05) is 11.9 Å². The molecule has 0 saturated carbocycles. The Bertz CT molecular complexity index is 468. The third kappa shape index (κ3) is 2.65. The second-order valence-corrected chi connectivity index (χ2v) is 4.00. The summed E-state index contributed by atoms with van der Waals surface area (Å²) in [5, 5.41) is 23.3. The van der Waals surface area contributed by atoms with Gasteiger partial charge in [-0.3, -0.25) is 9.78 Å². The number of nitrogens with zero attached hydrogens (tertiary/aromatic N) is 3. The van der Waals surface area contributed by atoms with Crippen LogP contribution >= 0.6 is 0 Å². The number of rotatable bonds is 5. The molecule has 2 aromatic rings. The van der Waals surface area contributed by atoms with Crippen molar-refractivity contribution in [1.82, 2.24) is 20.0 Å². The van der Waals surface area contributed by atoms with E-state index in [9.17, 15) is 0 Å². The predicted molar refractivity (Wildman–Crippen MR) is 64.7 cm³/mol. The van der Waals surface area contributed by atoms with Gasteiger partial charge in [0.1, 0.15) is 0 Å². The Morgan fingerprint density at radius 3 is 2.94 bits per heavy atom. The number of nitrogens with one attached hydrogen (secondary N) is 2. The zero-order valence-corrected chi connectivity index (χ0v) is 10.1. The molecule has 3 N–H and O–H groups in total. The van der Waals surface area contributed by atoms with Crippen molar-refractivity contribution in [1.29, 1.82) is 0 Å². The molecular weight excluding hydrogens is 218 g/mol. The average Bonchev–Trinajstić information content (AvgIpc) is 2.86. The molecule has 0 aliphatic heterocycles. The van der Waals surface area contributed by atoms with Crippen LogP contribution in [0.15, 0.2) is 12.4 Å². The number of H-pyrrole nitrogens is 1. The number of aryl methyl sites for hydroxylation is 2. The Kier molecular flexibility index (Phi) is 3.43. The van der Waals surface area contributed by atoms with E-state index in [1.807, 2.05) is 20.0 Å². The SMILES string of the molecule is Cc1n[nH]c(C)c1NCc1cnn(CCO)c1. The zero-order valence-electron chi connectivity index (χ0n) is 10.1. The molecule has 0 radical (unpaired) electrons. The van der Waals surface area contributed by atoms with Gasteiger partial charge in [-0.15, -0.1) is 0 Å². The summed E-state index contributed by atoms with van der Waals surface area (Å²) in [6.45, 7) is 5.28. The van der Waals surface area contributed by atoms with Crippen molar-refractivity contribution in [3.63, 3.8) is 0 Å². The first-order valence-electron chi connectivity index (χ1n) is 5.58. The highest BCUT2D eigenvalue weighted by atomic mass is 16.3. The van der Waals surface area contributed by atoms with E-state index in [-0.39, 0.29) is 6.61 Å². The van der Waals surface area contributed by atoms with Gasteiger partial charge in [0.05, 0.1) is 36.4 Å². The van der Waals surface area contributed by atoms with Crippen molar-refractivity contribution in [3.05, 3.63) is 29.3 Å². The molecule has 0 spiro atoms. The van der Waals surface area contributed by atoms with Crippen LogP contribution in [0.3, 0.4) is 0 Å². The van der Waals surface area contributed by atoms with Crippen LogP contribution in [0.5, 0.6) is 0 Å². The predicted octanol–water partition coefficient (Wildman–Crippen LogP) is 0.827. The second-order valence-electron chi connectivity index (χ2n) is 4.00. The van der Waals surface area contributed by atoms with E-state index in [0.717, 1.165) is 22.6 Å². The highest BCUT2D eigenvalue weighted by molar-refractivity contribution is 5.51. The quantitative estimate of drug-likeness (QED) is 0.717. The van der Waals surface area contributed by atoms with Gasteiger partial charge in [0.15, 0.2) is 0 Å². The highest BCUT2D eigenvalue weighted by Crippen LogP contribution is 2.16. The average molecular weight is 235 g/mol. The lowest BCUT2D eigenvalue weighted by Gasteiger charge is -2.04. The molecule has 0 atom stereocenters. The van der Waals surface area contributed by atoms with E-state index in [2.05, 4.69) is 20.6 Å². The van der Waals surface area contributed by atoms with Crippen LogP contribution in [-0.2, 0) is 13.1 Å². The first-order valence-corrected chi connectivity index (χ1v) is 5.58. The summed E-state index contributed by atoms with van der Waals surface area (Å²) in [6.07, 6.45) is 3.72. The minimum Gasteiger partial charge on any atom is -0.394 e. The van der Waals surface area contributed by atoms with Crippen LogP contribution in [0.4, 0.5) is 5.69 Å². The van der Waals surface area contributed by atoms with Gasteiger partial charge in [-0.25, -0.2) is 0 Å². The van der Waals surface area contributed by atoms with Gasteiger partial charge < -0.3 is 10.4 Å². The summed E-state index contributed by atoms with van der Waals surface area (Å²) >= 11 is 0. The van der Waals surface area contributed by atoms with E-state index in [1.165, 1.54) is 0 Å². The minimum absolute atomic E-state index is 0.106. The molecule has 2 aromatic heterocycles. The largest absolute Gasteiger partial charge is 0.394 e. The summed E-state index contributed by atoms with van der Waals surface area (Å²) in [7, 11) is 0. The van der Waals surface area contributed by atoms with E-state index < -0.39 is 0 Å². The van der Waals surface area contributed by atoms with Crippen molar-refractivity contribution in [2.45, 2.75) is 26.9 Å². The maximum Gasteiger partial charge on any atom is 0.0825 e. The third-order valence-corrected chi connectivity index (χ3v) is 2.61. The lowest BCUT2D eigenvalue weighted by molar-refractivity contribution is 0.269. The fourth-order valence-electron chi connectivity index (χ4n) is 1.72. The number of aromatic nitrogens is 4. The molecule has 0 unspecified atom stereocenters. The first kappa shape index (κ1) is 11.7. The van der Waals surface area contributed by atoms with Gasteiger partial charge in [-0.05, 0) is 13.8 Å². The Hall–Kier alpha value is -1.82. The molecule has 2 heterocycles. The molecule has 0 aliphatic rings. The Labute approximate surface area is 99.7 Å². The Balaban J connectivity index is 1.97. The van der Waals surface area contributed by atoms with Crippen LogP contribution in [0.2, 0.25) is 0 Å².